The predicted octanol–water partition coefficient (Wildman–Crippen LogP) is 2.56. The number of anilines is 1. The minimum Gasteiger partial charge on any atom is -0.423 e. The normalized spacial score (nSPS) is 13.9. The van der Waals surface area contributed by atoms with Gasteiger partial charge in [0.15, 0.2) is 11.6 Å². The highest BCUT2D eigenvalue weighted by molar-refractivity contribution is 7.90. The summed E-state index contributed by atoms with van der Waals surface area (Å²) in [5, 5.41) is 3.34. The fourth-order valence-corrected chi connectivity index (χ4v) is 4.67. The van der Waals surface area contributed by atoms with E-state index in [0.29, 0.717) is 22.2 Å². The molecule has 1 aliphatic rings. The lowest BCUT2D eigenvalue weighted by atomic mass is 10.2. The zero-order chi connectivity index (χ0) is 23.0. The Morgan fingerprint density at radius 2 is 1.70 bits per heavy atom. The van der Waals surface area contributed by atoms with E-state index in [1.54, 1.807) is 66.7 Å². The topological polar surface area (TPSA) is 120 Å². The first kappa shape index (κ1) is 20.6. The summed E-state index contributed by atoms with van der Waals surface area (Å²) in [6.07, 6.45) is 1.30. The lowest BCUT2D eigenvalue weighted by Gasteiger charge is -2.12. The number of hydrogen-bond acceptors (Lipinski definition) is 7. The molecule has 0 aliphatic carbocycles. The predicted molar refractivity (Wildman–Crippen MR) is 122 cm³/mol. The van der Waals surface area contributed by atoms with Crippen LogP contribution in [0.2, 0.25) is 0 Å². The van der Waals surface area contributed by atoms with E-state index < -0.39 is 16.0 Å². The molecule has 10 heteroatoms. The molecule has 164 valence electrons. The highest BCUT2D eigenvalue weighted by Gasteiger charge is 2.29. The number of esters is 1. The number of amidine groups is 1. The van der Waals surface area contributed by atoms with Gasteiger partial charge in [0, 0.05) is 5.56 Å². The van der Waals surface area contributed by atoms with Crippen molar-refractivity contribution in [1.29, 1.82) is 0 Å². The molecule has 0 saturated carbocycles. The summed E-state index contributed by atoms with van der Waals surface area (Å²) >= 11 is 0. The van der Waals surface area contributed by atoms with Crippen LogP contribution in [0.1, 0.15) is 5.56 Å². The fraction of sp³-hybridized carbons (Fsp3) is 0.0435. The van der Waals surface area contributed by atoms with E-state index in [0.717, 1.165) is 0 Å². The van der Waals surface area contributed by atoms with Crippen molar-refractivity contribution >= 4 is 38.4 Å². The second-order valence-electron chi connectivity index (χ2n) is 7.20. The Kier molecular flexibility index (Phi) is 4.98. The van der Waals surface area contributed by atoms with Gasteiger partial charge in [-0.05, 0) is 36.4 Å². The van der Waals surface area contributed by atoms with Gasteiger partial charge >= 0.3 is 5.97 Å². The van der Waals surface area contributed by atoms with Gasteiger partial charge in [-0.15, -0.1) is 4.40 Å². The molecule has 0 bridgehead atoms. The molecule has 0 amide bonds. The van der Waals surface area contributed by atoms with Crippen LogP contribution in [0.25, 0.3) is 10.9 Å². The van der Waals surface area contributed by atoms with E-state index in [9.17, 15) is 18.0 Å². The summed E-state index contributed by atoms with van der Waals surface area (Å²) in [4.78, 5) is 29.5. The standard InChI is InChI=1S/C23H16N4O5S/c28-21(13-27-14-24-17-9-3-1-7-15(17)23(27)29)32-19-11-5-4-10-18(19)25-22-16-8-2-6-12-20(16)33(30,31)26-22/h1-12,14H,13H2,(H,25,26). The van der Waals surface area contributed by atoms with Gasteiger partial charge in [-0.2, -0.15) is 8.42 Å². The molecule has 5 rings (SSSR count). The average molecular weight is 460 g/mol. The average Bonchev–Trinajstić information content (AvgIpc) is 3.07. The molecule has 0 spiro atoms. The molecule has 1 aliphatic heterocycles. The third-order valence-electron chi connectivity index (χ3n) is 5.03. The number of para-hydroxylation sites is 3. The van der Waals surface area contributed by atoms with Crippen LogP contribution in [0.5, 0.6) is 5.75 Å². The number of benzene rings is 3. The number of rotatable bonds is 4. The van der Waals surface area contributed by atoms with Gasteiger partial charge in [-0.3, -0.25) is 9.36 Å². The van der Waals surface area contributed by atoms with Crippen molar-refractivity contribution in [2.24, 2.45) is 4.40 Å². The van der Waals surface area contributed by atoms with Crippen LogP contribution in [-0.2, 0) is 21.4 Å². The molecule has 0 atom stereocenters. The van der Waals surface area contributed by atoms with Gasteiger partial charge in [0.1, 0.15) is 11.4 Å². The van der Waals surface area contributed by atoms with Crippen LogP contribution < -0.4 is 15.6 Å². The lowest BCUT2D eigenvalue weighted by molar-refractivity contribution is -0.135. The van der Waals surface area contributed by atoms with Crippen molar-refractivity contribution in [2.75, 3.05) is 5.32 Å². The molecular formula is C23H16N4O5S. The Labute approximate surface area is 188 Å². The van der Waals surface area contributed by atoms with Crippen LogP contribution in [0.4, 0.5) is 5.69 Å². The summed E-state index contributed by atoms with van der Waals surface area (Å²) in [6, 6.07) is 19.8. The summed E-state index contributed by atoms with van der Waals surface area (Å²) in [6.45, 7) is -0.344. The van der Waals surface area contributed by atoms with Gasteiger partial charge in [-0.25, -0.2) is 9.78 Å². The minimum atomic E-state index is -3.80. The van der Waals surface area contributed by atoms with E-state index in [1.807, 2.05) is 0 Å². The Morgan fingerprint density at radius 3 is 2.58 bits per heavy atom. The largest absolute Gasteiger partial charge is 0.423 e. The molecule has 1 aromatic heterocycles. The monoisotopic (exact) mass is 460 g/mol. The van der Waals surface area contributed by atoms with Crippen LogP contribution in [0, 0.1) is 0 Å². The zero-order valence-corrected chi connectivity index (χ0v) is 17.8. The zero-order valence-electron chi connectivity index (χ0n) is 17.0. The molecule has 3 aromatic carbocycles. The van der Waals surface area contributed by atoms with Crippen molar-refractivity contribution in [3.63, 3.8) is 0 Å². The van der Waals surface area contributed by atoms with Gasteiger partial charge in [-0.1, -0.05) is 36.4 Å². The van der Waals surface area contributed by atoms with E-state index in [4.69, 9.17) is 4.74 Å². The first-order valence-electron chi connectivity index (χ1n) is 9.88. The summed E-state index contributed by atoms with van der Waals surface area (Å²) in [7, 11) is -3.80. The number of sulfonamides is 1. The van der Waals surface area contributed by atoms with Crippen molar-refractivity contribution in [3.05, 3.63) is 95.0 Å². The number of hydrogen-bond donors (Lipinski definition) is 1. The number of fused-ring (bicyclic) bond motifs is 2. The molecule has 4 aromatic rings. The van der Waals surface area contributed by atoms with Crippen LogP contribution in [0.3, 0.4) is 0 Å². The molecule has 33 heavy (non-hydrogen) atoms. The fourth-order valence-electron chi connectivity index (χ4n) is 3.50. The second kappa shape index (κ2) is 7.99. The summed E-state index contributed by atoms with van der Waals surface area (Å²) in [5.74, 6) is -0.400. The van der Waals surface area contributed by atoms with E-state index in [2.05, 4.69) is 14.7 Å². The number of carbonyl (C=O) groups excluding carboxylic acids is 1. The first-order chi connectivity index (χ1) is 15.9. The Bertz CT molecular complexity index is 1610. The maximum atomic E-state index is 12.6. The maximum absolute atomic E-state index is 12.6. The molecule has 0 saturated heterocycles. The van der Waals surface area contributed by atoms with E-state index >= 15 is 0 Å². The molecule has 9 nitrogen and oxygen atoms in total. The number of ether oxygens (including phenoxy) is 1. The molecule has 0 radical (unpaired) electrons. The summed E-state index contributed by atoms with van der Waals surface area (Å²) < 4.78 is 35.0. The van der Waals surface area contributed by atoms with Crippen molar-refractivity contribution in [1.82, 2.24) is 9.55 Å². The maximum Gasteiger partial charge on any atom is 0.331 e. The van der Waals surface area contributed by atoms with E-state index in [1.165, 1.54) is 17.0 Å². The highest BCUT2D eigenvalue weighted by Crippen LogP contribution is 2.30. The minimum absolute atomic E-state index is 0.102. The third kappa shape index (κ3) is 3.87. The lowest BCUT2D eigenvalue weighted by Crippen LogP contribution is -2.27. The van der Waals surface area contributed by atoms with Gasteiger partial charge < -0.3 is 10.1 Å². The molecule has 2 heterocycles. The first-order valence-corrected chi connectivity index (χ1v) is 11.3. The number of aromatic nitrogens is 2. The quantitative estimate of drug-likeness (QED) is 0.367. The Balaban J connectivity index is 1.39. The van der Waals surface area contributed by atoms with Gasteiger partial charge in [0.2, 0.25) is 0 Å². The molecule has 1 N–H and O–H groups in total. The number of carbonyl (C=O) groups is 1. The van der Waals surface area contributed by atoms with Crippen molar-refractivity contribution < 1.29 is 17.9 Å². The second-order valence-corrected chi connectivity index (χ2v) is 8.77. The Hall–Kier alpha value is -4.31. The van der Waals surface area contributed by atoms with Crippen LogP contribution in [-0.4, -0.2) is 29.8 Å². The third-order valence-corrected chi connectivity index (χ3v) is 6.36. The van der Waals surface area contributed by atoms with E-state index in [-0.39, 0.29) is 28.6 Å². The highest BCUT2D eigenvalue weighted by atomic mass is 32.2. The SMILES string of the molecule is O=C(Cn1cnc2ccccc2c1=O)Oc1ccccc1NC1=NS(=O)(=O)c2ccccc21. The van der Waals surface area contributed by atoms with Crippen LogP contribution >= 0.6 is 0 Å². The van der Waals surface area contributed by atoms with Gasteiger partial charge in [0.05, 0.1) is 22.9 Å². The smallest absolute Gasteiger partial charge is 0.331 e. The Morgan fingerprint density at radius 1 is 0.970 bits per heavy atom. The summed E-state index contributed by atoms with van der Waals surface area (Å²) in [5.41, 5.74) is 0.952. The van der Waals surface area contributed by atoms with Crippen molar-refractivity contribution in [2.45, 2.75) is 11.4 Å². The number of nitrogens with one attached hydrogen (secondary N) is 1. The molecular weight excluding hydrogens is 444 g/mol. The molecule has 0 fully saturated rings. The van der Waals surface area contributed by atoms with Crippen LogP contribution in [0.15, 0.2) is 93.2 Å². The van der Waals surface area contributed by atoms with Crippen molar-refractivity contribution in [3.8, 4) is 5.75 Å². The number of nitrogens with zero attached hydrogens (tertiary/aromatic N) is 3. The molecule has 0 unspecified atom stereocenters. The van der Waals surface area contributed by atoms with Gasteiger partial charge in [0.25, 0.3) is 15.6 Å².